The highest BCUT2D eigenvalue weighted by atomic mass is 32.2. The van der Waals surface area contributed by atoms with Crippen molar-refractivity contribution in [1.82, 2.24) is 15.2 Å². The zero-order valence-electron chi connectivity index (χ0n) is 7.63. The maximum absolute atomic E-state index is 11.1. The minimum absolute atomic E-state index is 0.0749. The molecule has 0 bridgehead atoms. The number of aryl methyl sites for hydroxylation is 1. The first kappa shape index (κ1) is 10.0. The molecule has 0 fully saturated rings. The lowest BCUT2D eigenvalue weighted by Crippen LogP contribution is -2.14. The highest BCUT2D eigenvalue weighted by molar-refractivity contribution is 7.99. The average Bonchev–Trinajstić information content (AvgIpc) is 2.52. The molecule has 6 heteroatoms. The van der Waals surface area contributed by atoms with Gasteiger partial charge in [0.25, 0.3) is 0 Å². The molecule has 0 aliphatic heterocycles. The minimum atomic E-state index is -0.0749. The van der Waals surface area contributed by atoms with E-state index in [0.29, 0.717) is 11.7 Å². The zero-order valence-corrected chi connectivity index (χ0v) is 8.44. The van der Waals surface area contributed by atoms with E-state index in [9.17, 15) is 4.79 Å². The molecule has 1 heterocycles. The third kappa shape index (κ3) is 3.06. The molecule has 0 unspecified atom stereocenters. The molecule has 0 aliphatic carbocycles. The zero-order chi connectivity index (χ0) is 9.68. The molecule has 0 aliphatic rings. The number of nitrogens with zero attached hydrogens (tertiary/aromatic N) is 2. The highest BCUT2D eigenvalue weighted by Crippen LogP contribution is 2.00. The molecule has 1 aromatic heterocycles. The van der Waals surface area contributed by atoms with E-state index in [1.165, 1.54) is 11.8 Å². The van der Waals surface area contributed by atoms with Gasteiger partial charge in [0.05, 0.1) is 5.75 Å². The fourth-order valence-corrected chi connectivity index (χ4v) is 1.14. The number of amides is 1. The van der Waals surface area contributed by atoms with Crippen LogP contribution in [0.1, 0.15) is 12.7 Å². The summed E-state index contributed by atoms with van der Waals surface area (Å²) in [6.07, 6.45) is 2.65. The summed E-state index contributed by atoms with van der Waals surface area (Å²) in [5.41, 5.74) is 0. The van der Waals surface area contributed by atoms with Crippen LogP contribution in [0.4, 0.5) is 5.95 Å². The van der Waals surface area contributed by atoms with E-state index in [-0.39, 0.29) is 5.91 Å². The Morgan fingerprint density at radius 3 is 3.00 bits per heavy atom. The molecule has 2 N–H and O–H groups in total. The molecule has 5 nitrogen and oxygen atoms in total. The van der Waals surface area contributed by atoms with Crippen LogP contribution in [0.25, 0.3) is 0 Å². The first-order valence-electron chi connectivity index (χ1n) is 3.96. The van der Waals surface area contributed by atoms with Crippen molar-refractivity contribution in [1.29, 1.82) is 0 Å². The SMILES string of the molecule is CCc1nc(NC(=O)CSC)n[nH]1. The summed E-state index contributed by atoms with van der Waals surface area (Å²) >= 11 is 1.46. The molecule has 0 saturated heterocycles. The molecule has 13 heavy (non-hydrogen) atoms. The maximum Gasteiger partial charge on any atom is 0.248 e. The summed E-state index contributed by atoms with van der Waals surface area (Å²) in [6.45, 7) is 1.97. The number of aromatic nitrogens is 3. The minimum Gasteiger partial charge on any atom is -0.293 e. The van der Waals surface area contributed by atoms with Gasteiger partial charge >= 0.3 is 0 Å². The Kier molecular flexibility index (Phi) is 3.75. The smallest absolute Gasteiger partial charge is 0.248 e. The molecule has 0 spiro atoms. The number of hydrogen-bond donors (Lipinski definition) is 2. The molecule has 72 valence electrons. The quantitative estimate of drug-likeness (QED) is 0.749. The number of hydrogen-bond acceptors (Lipinski definition) is 4. The Bertz CT molecular complexity index is 286. The summed E-state index contributed by atoms with van der Waals surface area (Å²) in [5, 5.41) is 9.14. The third-order valence-electron chi connectivity index (χ3n) is 1.39. The number of thioether (sulfide) groups is 1. The summed E-state index contributed by atoms with van der Waals surface area (Å²) in [6, 6.07) is 0. The number of anilines is 1. The van der Waals surface area contributed by atoms with Crippen LogP contribution in [0.3, 0.4) is 0 Å². The van der Waals surface area contributed by atoms with Crippen LogP contribution < -0.4 is 5.32 Å². The van der Waals surface area contributed by atoms with Gasteiger partial charge in [-0.05, 0) is 6.26 Å². The van der Waals surface area contributed by atoms with Crippen molar-refractivity contribution in [2.45, 2.75) is 13.3 Å². The monoisotopic (exact) mass is 200 g/mol. The van der Waals surface area contributed by atoms with Crippen LogP contribution in [0, 0.1) is 0 Å². The van der Waals surface area contributed by atoms with Crippen LogP contribution >= 0.6 is 11.8 Å². The Hall–Kier alpha value is -1.04. The van der Waals surface area contributed by atoms with Crippen molar-refractivity contribution < 1.29 is 4.79 Å². The van der Waals surface area contributed by atoms with Gasteiger partial charge in [-0.2, -0.15) is 16.7 Å². The van der Waals surface area contributed by atoms with Crippen LogP contribution in [-0.4, -0.2) is 33.1 Å². The second-order valence-electron chi connectivity index (χ2n) is 2.44. The highest BCUT2D eigenvalue weighted by Gasteiger charge is 2.05. The van der Waals surface area contributed by atoms with Crippen LogP contribution in [0.5, 0.6) is 0 Å². The fourth-order valence-electron chi connectivity index (χ4n) is 0.801. The van der Waals surface area contributed by atoms with Crippen LogP contribution in [-0.2, 0) is 11.2 Å². The Morgan fingerprint density at radius 2 is 2.46 bits per heavy atom. The van der Waals surface area contributed by atoms with E-state index in [1.807, 2.05) is 13.2 Å². The number of carbonyl (C=O) groups excluding carboxylic acids is 1. The van der Waals surface area contributed by atoms with Gasteiger partial charge in [0.2, 0.25) is 11.9 Å². The topological polar surface area (TPSA) is 70.7 Å². The molecule has 0 atom stereocenters. The second kappa shape index (κ2) is 4.86. The van der Waals surface area contributed by atoms with Gasteiger partial charge in [0.1, 0.15) is 5.82 Å². The van der Waals surface area contributed by atoms with Gasteiger partial charge in [-0.3, -0.25) is 15.2 Å². The molecular weight excluding hydrogens is 188 g/mol. The lowest BCUT2D eigenvalue weighted by Gasteiger charge is -1.96. The molecule has 0 saturated carbocycles. The summed E-state index contributed by atoms with van der Waals surface area (Å²) in [7, 11) is 0. The standard InChI is InChI=1S/C7H12N4OS/c1-3-5-8-7(11-10-5)9-6(12)4-13-2/h3-4H2,1-2H3,(H2,8,9,10,11,12). The van der Waals surface area contributed by atoms with Crippen LogP contribution in [0.15, 0.2) is 0 Å². The molecule has 0 radical (unpaired) electrons. The summed E-state index contributed by atoms with van der Waals surface area (Å²) < 4.78 is 0. The van der Waals surface area contributed by atoms with Gasteiger partial charge in [-0.15, -0.1) is 5.10 Å². The van der Waals surface area contributed by atoms with E-state index in [1.54, 1.807) is 0 Å². The van der Waals surface area contributed by atoms with E-state index < -0.39 is 0 Å². The second-order valence-corrected chi connectivity index (χ2v) is 3.31. The van der Waals surface area contributed by atoms with Crippen LogP contribution in [0.2, 0.25) is 0 Å². The number of aromatic amines is 1. The van der Waals surface area contributed by atoms with Gasteiger partial charge < -0.3 is 0 Å². The number of carbonyl (C=O) groups is 1. The molecule has 0 aromatic carbocycles. The van der Waals surface area contributed by atoms with Gasteiger partial charge in [0.15, 0.2) is 0 Å². The average molecular weight is 200 g/mol. The van der Waals surface area contributed by atoms with Crippen molar-refractivity contribution >= 4 is 23.6 Å². The first-order valence-corrected chi connectivity index (χ1v) is 5.35. The predicted octanol–water partition coefficient (Wildman–Crippen LogP) is 0.669. The Labute approximate surface area is 80.7 Å². The van der Waals surface area contributed by atoms with Crippen molar-refractivity contribution in [2.24, 2.45) is 0 Å². The molecular formula is C7H12N4OS. The van der Waals surface area contributed by atoms with E-state index in [4.69, 9.17) is 0 Å². The molecule has 1 amide bonds. The lowest BCUT2D eigenvalue weighted by molar-refractivity contribution is -0.113. The van der Waals surface area contributed by atoms with Crippen molar-refractivity contribution in [3.63, 3.8) is 0 Å². The third-order valence-corrected chi connectivity index (χ3v) is 1.94. The van der Waals surface area contributed by atoms with Gasteiger partial charge in [-0.1, -0.05) is 6.92 Å². The van der Waals surface area contributed by atoms with Gasteiger partial charge in [-0.25, -0.2) is 0 Å². The molecule has 1 aromatic rings. The number of nitrogens with one attached hydrogen (secondary N) is 2. The van der Waals surface area contributed by atoms with Gasteiger partial charge in [0, 0.05) is 6.42 Å². The molecule has 1 rings (SSSR count). The first-order chi connectivity index (χ1) is 6.26. The number of rotatable bonds is 4. The normalized spacial score (nSPS) is 10.0. The van der Waals surface area contributed by atoms with E-state index >= 15 is 0 Å². The maximum atomic E-state index is 11.1. The van der Waals surface area contributed by atoms with E-state index in [2.05, 4.69) is 20.5 Å². The largest absolute Gasteiger partial charge is 0.293 e. The number of H-pyrrole nitrogens is 1. The Morgan fingerprint density at radius 1 is 1.69 bits per heavy atom. The van der Waals surface area contributed by atoms with Crippen molar-refractivity contribution in [3.05, 3.63) is 5.82 Å². The summed E-state index contributed by atoms with van der Waals surface area (Å²) in [4.78, 5) is 15.1. The summed E-state index contributed by atoms with van der Waals surface area (Å²) in [5.74, 6) is 1.49. The van der Waals surface area contributed by atoms with E-state index in [0.717, 1.165) is 12.2 Å². The Balaban J connectivity index is 2.49. The van der Waals surface area contributed by atoms with Crippen molar-refractivity contribution in [2.75, 3.05) is 17.3 Å². The van der Waals surface area contributed by atoms with Crippen molar-refractivity contribution in [3.8, 4) is 0 Å². The predicted molar refractivity (Wildman–Crippen MR) is 52.8 cm³/mol. The fraction of sp³-hybridized carbons (Fsp3) is 0.571. The lowest BCUT2D eigenvalue weighted by atomic mass is 10.5.